The molecule has 5 rings (SSSR count). The zero-order valence-electron chi connectivity index (χ0n) is 15.6. The predicted octanol–water partition coefficient (Wildman–Crippen LogP) is 3.75. The third-order valence-corrected chi connectivity index (χ3v) is 6.52. The molecular formula is C23H21NO4. The molecule has 2 amide bonds. The first-order valence-electron chi connectivity index (χ1n) is 9.79. The lowest BCUT2D eigenvalue weighted by atomic mass is 9.81. The molecule has 0 N–H and O–H groups in total. The van der Waals surface area contributed by atoms with Gasteiger partial charge >= 0.3 is 5.97 Å². The molecule has 0 aromatic heterocycles. The number of nitrogens with zero attached hydrogens (tertiary/aromatic N) is 1. The zero-order valence-corrected chi connectivity index (χ0v) is 15.6. The van der Waals surface area contributed by atoms with E-state index in [9.17, 15) is 14.4 Å². The second kappa shape index (κ2) is 6.30. The van der Waals surface area contributed by atoms with Gasteiger partial charge in [0.15, 0.2) is 0 Å². The van der Waals surface area contributed by atoms with Crippen LogP contribution in [0.4, 0.5) is 5.69 Å². The van der Waals surface area contributed by atoms with Crippen LogP contribution >= 0.6 is 0 Å². The molecule has 1 aliphatic heterocycles. The van der Waals surface area contributed by atoms with Crippen LogP contribution in [-0.4, -0.2) is 17.8 Å². The molecular weight excluding hydrogens is 354 g/mol. The Balaban J connectivity index is 1.33. The van der Waals surface area contributed by atoms with Crippen LogP contribution in [0.25, 0.3) is 0 Å². The first-order valence-corrected chi connectivity index (χ1v) is 9.79. The Kier molecular flexibility index (Phi) is 3.86. The minimum atomic E-state index is -0.438. The number of fused-ring (bicyclic) bond motifs is 5. The monoisotopic (exact) mass is 375 g/mol. The second-order valence-electron chi connectivity index (χ2n) is 8.15. The van der Waals surface area contributed by atoms with Crippen LogP contribution in [0.1, 0.15) is 35.2 Å². The number of hydrogen-bond acceptors (Lipinski definition) is 4. The van der Waals surface area contributed by atoms with Gasteiger partial charge < -0.3 is 4.74 Å². The van der Waals surface area contributed by atoms with Crippen molar-refractivity contribution in [3.05, 3.63) is 59.7 Å². The summed E-state index contributed by atoms with van der Waals surface area (Å²) in [6.07, 6.45) is 3.15. The third kappa shape index (κ3) is 2.57. The molecule has 5 heteroatoms. The number of rotatable bonds is 3. The molecule has 3 aliphatic rings. The summed E-state index contributed by atoms with van der Waals surface area (Å²) in [5.74, 6) is 0.284. The summed E-state index contributed by atoms with van der Waals surface area (Å²) >= 11 is 0. The van der Waals surface area contributed by atoms with Crippen molar-refractivity contribution in [2.45, 2.75) is 26.2 Å². The van der Waals surface area contributed by atoms with Gasteiger partial charge in [-0.1, -0.05) is 17.7 Å². The number of carbonyl (C=O) groups is 3. The van der Waals surface area contributed by atoms with Crippen LogP contribution in [0.3, 0.4) is 0 Å². The number of anilines is 1. The maximum Gasteiger partial charge on any atom is 0.343 e. The predicted molar refractivity (Wildman–Crippen MR) is 103 cm³/mol. The topological polar surface area (TPSA) is 63.7 Å². The van der Waals surface area contributed by atoms with Crippen molar-refractivity contribution in [1.29, 1.82) is 0 Å². The molecule has 2 aliphatic carbocycles. The van der Waals surface area contributed by atoms with E-state index in [0.717, 1.165) is 24.8 Å². The average Bonchev–Trinajstić information content (AvgIpc) is 3.37. The van der Waals surface area contributed by atoms with Gasteiger partial charge in [-0.3, -0.25) is 14.5 Å². The van der Waals surface area contributed by atoms with Gasteiger partial charge in [-0.05, 0) is 74.4 Å². The Bertz CT molecular complexity index is 935. The van der Waals surface area contributed by atoms with Crippen LogP contribution in [0, 0.1) is 30.6 Å². The summed E-state index contributed by atoms with van der Waals surface area (Å²) < 4.78 is 5.40. The molecule has 2 aromatic carbocycles. The number of aryl methyl sites for hydroxylation is 1. The summed E-state index contributed by atoms with van der Waals surface area (Å²) in [7, 11) is 0. The van der Waals surface area contributed by atoms with Gasteiger partial charge in [0.25, 0.3) is 0 Å². The van der Waals surface area contributed by atoms with E-state index in [2.05, 4.69) is 0 Å². The SMILES string of the molecule is Cc1ccc(C(=O)Oc2ccc(N3C(=O)[C@H]4[C@@H]5CC[C@@H](C5)[C@@H]4C3=O)cc2)cc1. The lowest BCUT2D eigenvalue weighted by Gasteiger charge is -2.19. The van der Waals surface area contributed by atoms with E-state index < -0.39 is 5.97 Å². The summed E-state index contributed by atoms with van der Waals surface area (Å²) in [6, 6.07) is 13.8. The molecule has 2 bridgehead atoms. The molecule has 0 radical (unpaired) electrons. The van der Waals surface area contributed by atoms with Crippen molar-refractivity contribution >= 4 is 23.5 Å². The van der Waals surface area contributed by atoms with E-state index in [1.54, 1.807) is 36.4 Å². The zero-order chi connectivity index (χ0) is 19.4. The van der Waals surface area contributed by atoms with Crippen LogP contribution in [0.5, 0.6) is 5.75 Å². The minimum absolute atomic E-state index is 0.0633. The summed E-state index contributed by atoms with van der Waals surface area (Å²) in [4.78, 5) is 39.3. The summed E-state index contributed by atoms with van der Waals surface area (Å²) in [6.45, 7) is 1.95. The van der Waals surface area contributed by atoms with Crippen molar-refractivity contribution in [3.8, 4) is 5.75 Å². The molecule has 4 atom stereocenters. The number of carbonyl (C=O) groups excluding carboxylic acids is 3. The normalized spacial score (nSPS) is 28.0. The Hall–Kier alpha value is -2.95. The quantitative estimate of drug-likeness (QED) is 0.466. The van der Waals surface area contributed by atoms with Gasteiger partial charge in [0, 0.05) is 0 Å². The van der Waals surface area contributed by atoms with E-state index in [1.807, 2.05) is 19.1 Å². The standard InChI is InChI=1S/C23H21NO4/c1-13-2-4-14(5-3-13)23(27)28-18-10-8-17(9-11-18)24-21(25)19-15-6-7-16(12-15)20(19)22(24)26/h2-5,8-11,15-16,19-20H,6-7,12H2,1H3/t15-,16+,19-,20-/m0/s1. The number of amides is 2. The van der Waals surface area contributed by atoms with Crippen molar-refractivity contribution in [1.82, 2.24) is 0 Å². The van der Waals surface area contributed by atoms with Gasteiger partial charge in [-0.2, -0.15) is 0 Å². The number of imide groups is 1. The number of ether oxygens (including phenoxy) is 1. The molecule has 3 fully saturated rings. The molecule has 2 aromatic rings. The first kappa shape index (κ1) is 17.2. The van der Waals surface area contributed by atoms with Crippen molar-refractivity contribution in [3.63, 3.8) is 0 Å². The van der Waals surface area contributed by atoms with Gasteiger partial charge in [0.2, 0.25) is 11.8 Å². The Labute approximate surface area is 163 Å². The van der Waals surface area contributed by atoms with Gasteiger partial charge in [0.05, 0.1) is 23.1 Å². The summed E-state index contributed by atoms with van der Waals surface area (Å²) in [5, 5.41) is 0. The Morgan fingerprint density at radius 1 is 0.893 bits per heavy atom. The Morgan fingerprint density at radius 2 is 1.46 bits per heavy atom. The fourth-order valence-corrected chi connectivity index (χ4v) is 5.18. The first-order chi connectivity index (χ1) is 13.5. The molecule has 1 saturated heterocycles. The van der Waals surface area contributed by atoms with Crippen LogP contribution in [0.2, 0.25) is 0 Å². The maximum atomic E-state index is 12.9. The van der Waals surface area contributed by atoms with Crippen molar-refractivity contribution in [2.24, 2.45) is 23.7 Å². The second-order valence-corrected chi connectivity index (χ2v) is 8.15. The minimum Gasteiger partial charge on any atom is -0.423 e. The summed E-state index contributed by atoms with van der Waals surface area (Å²) in [5.41, 5.74) is 2.10. The number of hydrogen-bond donors (Lipinski definition) is 0. The van der Waals surface area contributed by atoms with E-state index in [0.29, 0.717) is 28.8 Å². The fraction of sp³-hybridized carbons (Fsp3) is 0.348. The van der Waals surface area contributed by atoms with E-state index in [1.165, 1.54) is 4.90 Å². The fourth-order valence-electron chi connectivity index (χ4n) is 5.18. The Morgan fingerprint density at radius 3 is 2.04 bits per heavy atom. The number of benzene rings is 2. The molecule has 142 valence electrons. The highest BCUT2D eigenvalue weighted by atomic mass is 16.5. The van der Waals surface area contributed by atoms with Crippen molar-refractivity contribution < 1.29 is 19.1 Å². The molecule has 5 nitrogen and oxygen atoms in total. The molecule has 1 heterocycles. The number of esters is 1. The van der Waals surface area contributed by atoms with E-state index >= 15 is 0 Å². The van der Waals surface area contributed by atoms with Gasteiger partial charge in [-0.25, -0.2) is 4.79 Å². The molecule has 28 heavy (non-hydrogen) atoms. The van der Waals surface area contributed by atoms with Gasteiger partial charge in [0.1, 0.15) is 5.75 Å². The highest BCUT2D eigenvalue weighted by molar-refractivity contribution is 6.22. The molecule has 0 unspecified atom stereocenters. The highest BCUT2D eigenvalue weighted by Crippen LogP contribution is 2.56. The molecule has 0 spiro atoms. The lowest BCUT2D eigenvalue weighted by molar-refractivity contribution is -0.123. The van der Waals surface area contributed by atoms with E-state index in [4.69, 9.17) is 4.74 Å². The largest absolute Gasteiger partial charge is 0.423 e. The lowest BCUT2D eigenvalue weighted by Crippen LogP contribution is -2.32. The van der Waals surface area contributed by atoms with E-state index in [-0.39, 0.29) is 23.7 Å². The van der Waals surface area contributed by atoms with Gasteiger partial charge in [-0.15, -0.1) is 0 Å². The average molecular weight is 375 g/mol. The van der Waals surface area contributed by atoms with Crippen LogP contribution in [-0.2, 0) is 9.59 Å². The maximum absolute atomic E-state index is 12.9. The van der Waals surface area contributed by atoms with Crippen LogP contribution in [0.15, 0.2) is 48.5 Å². The third-order valence-electron chi connectivity index (χ3n) is 6.52. The smallest absolute Gasteiger partial charge is 0.343 e. The van der Waals surface area contributed by atoms with Crippen LogP contribution < -0.4 is 9.64 Å². The van der Waals surface area contributed by atoms with Crippen molar-refractivity contribution in [2.75, 3.05) is 4.90 Å². The molecule has 2 saturated carbocycles. The highest BCUT2D eigenvalue weighted by Gasteiger charge is 2.61.